The van der Waals surface area contributed by atoms with Crippen LogP contribution in [0.3, 0.4) is 0 Å². The molecule has 0 bridgehead atoms. The van der Waals surface area contributed by atoms with Crippen LogP contribution in [0.5, 0.6) is 0 Å². The SMILES string of the molecule is Cc1c(N)cc(Br)cc1S(=O)(=O)N1CCCC(O)C1. The molecule has 1 atom stereocenters. The molecule has 1 fully saturated rings. The molecule has 0 radical (unpaired) electrons. The number of aliphatic hydroxyl groups excluding tert-OH is 1. The summed E-state index contributed by atoms with van der Waals surface area (Å²) < 4.78 is 27.2. The van der Waals surface area contributed by atoms with Crippen LogP contribution in [0.2, 0.25) is 0 Å². The highest BCUT2D eigenvalue weighted by molar-refractivity contribution is 9.10. The third-order valence-corrected chi connectivity index (χ3v) is 5.79. The molecular weight excluding hydrogens is 332 g/mol. The fourth-order valence-electron chi connectivity index (χ4n) is 2.22. The highest BCUT2D eigenvalue weighted by Crippen LogP contribution is 2.29. The van der Waals surface area contributed by atoms with Gasteiger partial charge in [0, 0.05) is 23.2 Å². The number of sulfonamides is 1. The van der Waals surface area contributed by atoms with Crippen molar-refractivity contribution in [3.63, 3.8) is 0 Å². The Kier molecular flexibility index (Phi) is 4.20. The third-order valence-electron chi connectivity index (χ3n) is 3.34. The van der Waals surface area contributed by atoms with Crippen molar-refractivity contribution < 1.29 is 13.5 Å². The Morgan fingerprint density at radius 1 is 1.47 bits per heavy atom. The maximum atomic E-state index is 12.6. The minimum absolute atomic E-state index is 0.147. The zero-order valence-electron chi connectivity index (χ0n) is 10.6. The maximum absolute atomic E-state index is 12.6. The molecule has 1 aromatic rings. The maximum Gasteiger partial charge on any atom is 0.243 e. The van der Waals surface area contributed by atoms with Gasteiger partial charge < -0.3 is 10.8 Å². The molecule has 1 aliphatic rings. The Labute approximate surface area is 121 Å². The molecule has 1 heterocycles. The fourth-order valence-corrected chi connectivity index (χ4v) is 4.64. The number of piperidine rings is 1. The molecule has 0 amide bonds. The summed E-state index contributed by atoms with van der Waals surface area (Å²) in [5.41, 5.74) is 6.79. The van der Waals surface area contributed by atoms with Crippen molar-refractivity contribution in [2.75, 3.05) is 18.8 Å². The van der Waals surface area contributed by atoms with Crippen LogP contribution in [0.1, 0.15) is 18.4 Å². The quantitative estimate of drug-likeness (QED) is 0.793. The van der Waals surface area contributed by atoms with E-state index in [-0.39, 0.29) is 11.4 Å². The molecule has 3 N–H and O–H groups in total. The molecule has 0 saturated carbocycles. The first-order valence-corrected chi connectivity index (χ1v) is 8.29. The van der Waals surface area contributed by atoms with E-state index in [0.29, 0.717) is 35.1 Å². The molecule has 7 heteroatoms. The van der Waals surface area contributed by atoms with Gasteiger partial charge in [-0.15, -0.1) is 0 Å². The van der Waals surface area contributed by atoms with Gasteiger partial charge in [0.1, 0.15) is 0 Å². The van der Waals surface area contributed by atoms with E-state index in [0.717, 1.165) is 0 Å². The van der Waals surface area contributed by atoms with Crippen LogP contribution in [-0.2, 0) is 10.0 Å². The van der Waals surface area contributed by atoms with E-state index in [4.69, 9.17) is 5.73 Å². The summed E-state index contributed by atoms with van der Waals surface area (Å²) in [6.45, 7) is 2.27. The van der Waals surface area contributed by atoms with Crippen LogP contribution in [0, 0.1) is 6.92 Å². The lowest BCUT2D eigenvalue weighted by molar-refractivity contribution is 0.108. The minimum Gasteiger partial charge on any atom is -0.398 e. The average Bonchev–Trinajstić information content (AvgIpc) is 2.33. The fraction of sp³-hybridized carbons (Fsp3) is 0.500. The highest BCUT2D eigenvalue weighted by Gasteiger charge is 2.31. The first-order valence-electron chi connectivity index (χ1n) is 6.06. The highest BCUT2D eigenvalue weighted by atomic mass is 79.9. The van der Waals surface area contributed by atoms with E-state index < -0.39 is 16.1 Å². The Morgan fingerprint density at radius 2 is 2.16 bits per heavy atom. The molecule has 1 aromatic carbocycles. The van der Waals surface area contributed by atoms with Gasteiger partial charge >= 0.3 is 0 Å². The summed E-state index contributed by atoms with van der Waals surface area (Å²) in [5, 5.41) is 9.63. The molecule has 19 heavy (non-hydrogen) atoms. The van der Waals surface area contributed by atoms with Crippen molar-refractivity contribution in [3.8, 4) is 0 Å². The first kappa shape index (κ1) is 14.8. The predicted molar refractivity (Wildman–Crippen MR) is 77.3 cm³/mol. The van der Waals surface area contributed by atoms with Gasteiger partial charge in [-0.1, -0.05) is 15.9 Å². The van der Waals surface area contributed by atoms with Crippen LogP contribution in [0.4, 0.5) is 5.69 Å². The molecule has 1 aliphatic heterocycles. The number of hydrogen-bond acceptors (Lipinski definition) is 4. The summed E-state index contributed by atoms with van der Waals surface area (Å²) in [6.07, 6.45) is 0.725. The van der Waals surface area contributed by atoms with E-state index in [1.807, 2.05) is 0 Å². The smallest absolute Gasteiger partial charge is 0.243 e. The first-order chi connectivity index (χ1) is 8.82. The number of nitrogen functional groups attached to an aromatic ring is 1. The van der Waals surface area contributed by atoms with Gasteiger partial charge in [0.2, 0.25) is 10.0 Å². The second-order valence-corrected chi connectivity index (χ2v) is 7.60. The summed E-state index contributed by atoms with van der Waals surface area (Å²) in [6, 6.07) is 3.24. The van der Waals surface area contributed by atoms with Crippen LogP contribution in [0.25, 0.3) is 0 Å². The van der Waals surface area contributed by atoms with E-state index in [1.165, 1.54) is 4.31 Å². The molecule has 0 spiro atoms. The Balaban J connectivity index is 2.45. The van der Waals surface area contributed by atoms with Crippen molar-refractivity contribution in [2.24, 2.45) is 0 Å². The van der Waals surface area contributed by atoms with Crippen molar-refractivity contribution >= 4 is 31.6 Å². The topological polar surface area (TPSA) is 83.6 Å². The number of anilines is 1. The number of benzene rings is 1. The van der Waals surface area contributed by atoms with Crippen LogP contribution in [-0.4, -0.2) is 37.0 Å². The lowest BCUT2D eigenvalue weighted by Gasteiger charge is -2.29. The lowest BCUT2D eigenvalue weighted by atomic mass is 10.1. The van der Waals surface area contributed by atoms with Crippen molar-refractivity contribution in [2.45, 2.75) is 30.8 Å². The largest absolute Gasteiger partial charge is 0.398 e. The Hall–Kier alpha value is -0.630. The van der Waals surface area contributed by atoms with Gasteiger partial charge in [0.25, 0.3) is 0 Å². The normalized spacial score (nSPS) is 21.5. The van der Waals surface area contributed by atoms with Crippen LogP contribution >= 0.6 is 15.9 Å². The number of nitrogens with two attached hydrogens (primary N) is 1. The van der Waals surface area contributed by atoms with Crippen molar-refractivity contribution in [3.05, 3.63) is 22.2 Å². The van der Waals surface area contributed by atoms with E-state index in [9.17, 15) is 13.5 Å². The number of rotatable bonds is 2. The number of nitrogens with zero attached hydrogens (tertiary/aromatic N) is 1. The second-order valence-electron chi connectivity index (χ2n) is 4.78. The van der Waals surface area contributed by atoms with Gasteiger partial charge in [0.05, 0.1) is 11.0 Å². The van der Waals surface area contributed by atoms with Gasteiger partial charge in [-0.25, -0.2) is 8.42 Å². The molecule has 1 saturated heterocycles. The van der Waals surface area contributed by atoms with Crippen molar-refractivity contribution in [1.82, 2.24) is 4.31 Å². The number of aliphatic hydroxyl groups is 1. The van der Waals surface area contributed by atoms with Crippen LogP contribution in [0.15, 0.2) is 21.5 Å². The summed E-state index contributed by atoms with van der Waals surface area (Å²) in [5.74, 6) is 0. The summed E-state index contributed by atoms with van der Waals surface area (Å²) in [7, 11) is -3.61. The molecule has 0 aromatic heterocycles. The minimum atomic E-state index is -3.61. The van der Waals surface area contributed by atoms with E-state index in [1.54, 1.807) is 19.1 Å². The van der Waals surface area contributed by atoms with Gasteiger partial charge in [-0.2, -0.15) is 4.31 Å². The average molecular weight is 349 g/mol. The van der Waals surface area contributed by atoms with Gasteiger partial charge in [-0.05, 0) is 37.5 Å². The lowest BCUT2D eigenvalue weighted by Crippen LogP contribution is -2.42. The predicted octanol–water partition coefficient (Wildman–Crippen LogP) is 1.49. The van der Waals surface area contributed by atoms with Crippen LogP contribution < -0.4 is 5.73 Å². The Morgan fingerprint density at radius 3 is 2.79 bits per heavy atom. The summed E-state index contributed by atoms with van der Waals surface area (Å²) in [4.78, 5) is 0.202. The second kappa shape index (κ2) is 5.40. The zero-order chi connectivity index (χ0) is 14.2. The summed E-state index contributed by atoms with van der Waals surface area (Å²) >= 11 is 3.26. The molecule has 106 valence electrons. The molecule has 2 rings (SSSR count). The third kappa shape index (κ3) is 2.94. The standard InChI is InChI=1S/C12H17BrN2O3S/c1-8-11(14)5-9(13)6-12(8)19(17,18)15-4-2-3-10(16)7-15/h5-6,10,16H,2-4,7,14H2,1H3. The van der Waals surface area contributed by atoms with Gasteiger partial charge in [0.15, 0.2) is 0 Å². The molecule has 5 nitrogen and oxygen atoms in total. The van der Waals surface area contributed by atoms with E-state index >= 15 is 0 Å². The number of halogens is 1. The Bertz CT molecular complexity index is 589. The monoisotopic (exact) mass is 348 g/mol. The van der Waals surface area contributed by atoms with Gasteiger partial charge in [-0.3, -0.25) is 0 Å². The number of β-amino-alcohol motifs (C(OH)–C–C–N with tert-alkyl or cyclic N) is 1. The number of hydrogen-bond donors (Lipinski definition) is 2. The molecule has 0 aliphatic carbocycles. The van der Waals surface area contributed by atoms with Crippen molar-refractivity contribution in [1.29, 1.82) is 0 Å². The molecule has 1 unspecified atom stereocenters. The zero-order valence-corrected chi connectivity index (χ0v) is 13.0. The molecular formula is C12H17BrN2O3S. The van der Waals surface area contributed by atoms with E-state index in [2.05, 4.69) is 15.9 Å².